The molecule has 2 aromatic carbocycles. The lowest BCUT2D eigenvalue weighted by molar-refractivity contribution is 0.581. The number of hydrogen-bond donors (Lipinski definition) is 3. The zero-order chi connectivity index (χ0) is 20.9. The summed E-state index contributed by atoms with van der Waals surface area (Å²) in [5, 5.41) is 6.41. The molecule has 0 amide bonds. The van der Waals surface area contributed by atoms with Crippen molar-refractivity contribution in [3.8, 4) is 0 Å². The van der Waals surface area contributed by atoms with Gasteiger partial charge < -0.3 is 10.6 Å². The molecular formula is C21H27FN4O2S. The summed E-state index contributed by atoms with van der Waals surface area (Å²) in [6, 6.07) is 11.9. The van der Waals surface area contributed by atoms with Crippen molar-refractivity contribution < 1.29 is 12.8 Å². The van der Waals surface area contributed by atoms with Gasteiger partial charge in [0.15, 0.2) is 5.96 Å². The molecule has 0 aromatic heterocycles. The third-order valence-electron chi connectivity index (χ3n) is 4.58. The molecule has 3 N–H and O–H groups in total. The average Bonchev–Trinajstić information content (AvgIpc) is 3.50. The molecule has 2 aromatic rings. The molecule has 1 aliphatic carbocycles. The molecule has 3 rings (SSSR count). The lowest BCUT2D eigenvalue weighted by atomic mass is 10.1. The van der Waals surface area contributed by atoms with Crippen LogP contribution >= 0.6 is 0 Å². The number of rotatable bonds is 8. The zero-order valence-corrected chi connectivity index (χ0v) is 17.5. The fourth-order valence-electron chi connectivity index (χ4n) is 2.78. The third-order valence-corrected chi connectivity index (χ3v) is 6.12. The van der Waals surface area contributed by atoms with Gasteiger partial charge in [-0.3, -0.25) is 0 Å². The monoisotopic (exact) mass is 418 g/mol. The van der Waals surface area contributed by atoms with Gasteiger partial charge in [0.25, 0.3) is 0 Å². The number of aliphatic imine (C=N–C) groups is 1. The van der Waals surface area contributed by atoms with E-state index in [1.807, 2.05) is 6.92 Å². The standard InChI is InChI=1S/C21H27FN4O2S/c1-3-23-21(25-14-17-6-11-20(22)15(2)12-17)24-13-16-4-9-19(10-5-16)29(27,28)26-18-7-8-18/h4-6,9-12,18,26H,3,7-8,13-14H2,1-2H3,(H2,23,24,25). The van der Waals surface area contributed by atoms with E-state index in [2.05, 4.69) is 20.3 Å². The Morgan fingerprint density at radius 3 is 2.41 bits per heavy atom. The van der Waals surface area contributed by atoms with Gasteiger partial charge in [0.1, 0.15) is 5.82 Å². The zero-order valence-electron chi connectivity index (χ0n) is 16.7. The lowest BCUT2D eigenvalue weighted by Crippen LogP contribution is -2.36. The predicted molar refractivity (Wildman–Crippen MR) is 113 cm³/mol. The smallest absolute Gasteiger partial charge is 0.240 e. The van der Waals surface area contributed by atoms with E-state index in [1.54, 1.807) is 43.3 Å². The van der Waals surface area contributed by atoms with Crippen molar-refractivity contribution in [2.75, 3.05) is 6.54 Å². The van der Waals surface area contributed by atoms with E-state index in [0.717, 1.165) is 24.0 Å². The highest BCUT2D eigenvalue weighted by Gasteiger charge is 2.27. The molecule has 0 heterocycles. The van der Waals surface area contributed by atoms with Crippen LogP contribution in [0, 0.1) is 12.7 Å². The molecule has 0 radical (unpaired) electrons. The van der Waals surface area contributed by atoms with Gasteiger partial charge in [-0.05, 0) is 61.6 Å². The summed E-state index contributed by atoms with van der Waals surface area (Å²) in [5.74, 6) is 0.419. The quantitative estimate of drug-likeness (QED) is 0.455. The van der Waals surface area contributed by atoms with E-state index >= 15 is 0 Å². The Bertz CT molecular complexity index is 971. The summed E-state index contributed by atoms with van der Waals surface area (Å²) < 4.78 is 40.5. The summed E-state index contributed by atoms with van der Waals surface area (Å²) in [4.78, 5) is 4.81. The molecule has 0 atom stereocenters. The first kappa shape index (κ1) is 21.3. The number of sulfonamides is 1. The topological polar surface area (TPSA) is 82.6 Å². The van der Waals surface area contributed by atoms with E-state index in [4.69, 9.17) is 0 Å². The molecule has 29 heavy (non-hydrogen) atoms. The van der Waals surface area contributed by atoms with Gasteiger partial charge in [-0.25, -0.2) is 22.5 Å². The molecule has 0 unspecified atom stereocenters. The number of halogens is 1. The fourth-order valence-corrected chi connectivity index (χ4v) is 4.08. The Hall–Kier alpha value is -2.45. The molecule has 0 spiro atoms. The van der Waals surface area contributed by atoms with Crippen LogP contribution in [0.25, 0.3) is 0 Å². The average molecular weight is 419 g/mol. The molecule has 8 heteroatoms. The number of nitrogens with one attached hydrogen (secondary N) is 3. The first-order valence-corrected chi connectivity index (χ1v) is 11.2. The summed E-state index contributed by atoms with van der Waals surface area (Å²) in [6.45, 7) is 5.35. The maximum absolute atomic E-state index is 13.4. The first-order valence-electron chi connectivity index (χ1n) is 9.76. The number of aryl methyl sites for hydroxylation is 1. The van der Waals surface area contributed by atoms with Crippen LogP contribution in [-0.2, 0) is 23.1 Å². The fraction of sp³-hybridized carbons (Fsp3) is 0.381. The van der Waals surface area contributed by atoms with Gasteiger partial charge in [0, 0.05) is 19.1 Å². The third kappa shape index (κ3) is 6.27. The van der Waals surface area contributed by atoms with Crippen molar-refractivity contribution in [3.05, 3.63) is 65.0 Å². The normalized spacial score (nSPS) is 14.7. The Labute approximate surface area is 171 Å². The number of hydrogen-bond acceptors (Lipinski definition) is 3. The van der Waals surface area contributed by atoms with Crippen molar-refractivity contribution in [1.29, 1.82) is 0 Å². The van der Waals surface area contributed by atoms with Crippen molar-refractivity contribution >= 4 is 16.0 Å². The minimum absolute atomic E-state index is 0.0881. The van der Waals surface area contributed by atoms with Gasteiger partial charge in [-0.2, -0.15) is 0 Å². The summed E-state index contributed by atoms with van der Waals surface area (Å²) in [6.07, 6.45) is 1.82. The van der Waals surface area contributed by atoms with E-state index < -0.39 is 10.0 Å². The highest BCUT2D eigenvalue weighted by molar-refractivity contribution is 7.89. The summed E-state index contributed by atoms with van der Waals surface area (Å²) in [5.41, 5.74) is 2.47. The minimum Gasteiger partial charge on any atom is -0.357 e. The molecule has 1 fully saturated rings. The number of nitrogens with zero attached hydrogens (tertiary/aromatic N) is 1. The molecule has 0 aliphatic heterocycles. The molecule has 0 bridgehead atoms. The van der Waals surface area contributed by atoms with Gasteiger partial charge in [-0.15, -0.1) is 0 Å². The summed E-state index contributed by atoms with van der Waals surface area (Å²) in [7, 11) is -3.43. The first-order chi connectivity index (χ1) is 13.9. The van der Waals surface area contributed by atoms with Gasteiger partial charge >= 0.3 is 0 Å². The summed E-state index contributed by atoms with van der Waals surface area (Å²) >= 11 is 0. The van der Waals surface area contributed by atoms with Gasteiger partial charge in [0.2, 0.25) is 10.0 Å². The second-order valence-electron chi connectivity index (χ2n) is 7.17. The second-order valence-corrected chi connectivity index (χ2v) is 8.89. The molecule has 0 saturated heterocycles. The molecular weight excluding hydrogens is 391 g/mol. The SMILES string of the molecule is CCNC(=NCc1ccc(F)c(C)c1)NCc1ccc(S(=O)(=O)NC2CC2)cc1. The Morgan fingerprint density at radius 1 is 1.10 bits per heavy atom. The Kier molecular flexibility index (Phi) is 6.87. The van der Waals surface area contributed by atoms with Crippen molar-refractivity contribution in [2.45, 2.75) is 50.7 Å². The van der Waals surface area contributed by atoms with Crippen LogP contribution in [0.15, 0.2) is 52.4 Å². The van der Waals surface area contributed by atoms with Crippen molar-refractivity contribution in [1.82, 2.24) is 15.4 Å². The minimum atomic E-state index is -3.43. The maximum Gasteiger partial charge on any atom is 0.240 e. The molecule has 1 aliphatic rings. The van der Waals surface area contributed by atoms with Gasteiger partial charge in [-0.1, -0.05) is 24.3 Å². The highest BCUT2D eigenvalue weighted by Crippen LogP contribution is 2.22. The van der Waals surface area contributed by atoms with Crippen LogP contribution < -0.4 is 15.4 Å². The van der Waals surface area contributed by atoms with Gasteiger partial charge in [0.05, 0.1) is 11.4 Å². The van der Waals surface area contributed by atoms with E-state index in [9.17, 15) is 12.8 Å². The molecule has 6 nitrogen and oxygen atoms in total. The predicted octanol–water partition coefficient (Wildman–Crippen LogP) is 2.83. The van der Waals surface area contributed by atoms with Crippen LogP contribution in [0.5, 0.6) is 0 Å². The molecule has 1 saturated carbocycles. The van der Waals surface area contributed by atoms with E-state index in [-0.39, 0.29) is 16.8 Å². The number of guanidine groups is 1. The van der Waals surface area contributed by atoms with Crippen LogP contribution in [-0.4, -0.2) is 27.0 Å². The van der Waals surface area contributed by atoms with E-state index in [0.29, 0.717) is 31.2 Å². The Balaban J connectivity index is 1.59. The van der Waals surface area contributed by atoms with E-state index in [1.165, 1.54) is 6.07 Å². The highest BCUT2D eigenvalue weighted by atomic mass is 32.2. The van der Waals surface area contributed by atoms with Crippen LogP contribution in [0.4, 0.5) is 4.39 Å². The number of benzene rings is 2. The Morgan fingerprint density at radius 2 is 1.79 bits per heavy atom. The molecule has 156 valence electrons. The van der Waals surface area contributed by atoms with Crippen molar-refractivity contribution in [3.63, 3.8) is 0 Å². The van der Waals surface area contributed by atoms with Crippen LogP contribution in [0.2, 0.25) is 0 Å². The maximum atomic E-state index is 13.4. The van der Waals surface area contributed by atoms with Crippen LogP contribution in [0.3, 0.4) is 0 Å². The van der Waals surface area contributed by atoms with Crippen LogP contribution in [0.1, 0.15) is 36.5 Å². The van der Waals surface area contributed by atoms with Crippen molar-refractivity contribution in [2.24, 2.45) is 4.99 Å². The lowest BCUT2D eigenvalue weighted by Gasteiger charge is -2.12. The largest absolute Gasteiger partial charge is 0.357 e. The second kappa shape index (κ2) is 9.37.